The van der Waals surface area contributed by atoms with Gasteiger partial charge in [0.15, 0.2) is 0 Å². The van der Waals surface area contributed by atoms with E-state index in [-0.39, 0.29) is 6.61 Å². The SMILES string of the molecule is CCCn1ncc(CN2CCC(O)(CO)C2)c1C. The van der Waals surface area contributed by atoms with Crippen molar-refractivity contribution >= 4 is 0 Å². The lowest BCUT2D eigenvalue weighted by molar-refractivity contribution is -0.00581. The molecule has 0 spiro atoms. The highest BCUT2D eigenvalue weighted by Gasteiger charge is 2.35. The van der Waals surface area contributed by atoms with Crippen LogP contribution in [0.1, 0.15) is 31.0 Å². The predicted octanol–water partition coefficient (Wildman–Crippen LogP) is 0.531. The maximum atomic E-state index is 9.99. The summed E-state index contributed by atoms with van der Waals surface area (Å²) in [7, 11) is 0. The summed E-state index contributed by atoms with van der Waals surface area (Å²) in [5.74, 6) is 0. The third kappa shape index (κ3) is 2.74. The van der Waals surface area contributed by atoms with Crippen molar-refractivity contribution < 1.29 is 10.2 Å². The maximum Gasteiger partial charge on any atom is 0.102 e. The minimum atomic E-state index is -0.909. The molecule has 18 heavy (non-hydrogen) atoms. The number of rotatable bonds is 5. The molecule has 0 bridgehead atoms. The summed E-state index contributed by atoms with van der Waals surface area (Å²) in [5.41, 5.74) is 1.51. The molecule has 1 unspecified atom stereocenters. The molecule has 5 heteroatoms. The Morgan fingerprint density at radius 2 is 2.28 bits per heavy atom. The van der Waals surface area contributed by atoms with Crippen LogP contribution in [0.25, 0.3) is 0 Å². The minimum Gasteiger partial charge on any atom is -0.393 e. The first kappa shape index (κ1) is 13.5. The van der Waals surface area contributed by atoms with Gasteiger partial charge in [-0.05, 0) is 19.8 Å². The standard InChI is InChI=1S/C13H23N3O2/c1-3-5-16-11(2)12(7-14-16)8-15-6-4-13(18,9-15)10-17/h7,17-18H,3-6,8-10H2,1-2H3. The second kappa shape index (κ2) is 5.38. The Hall–Kier alpha value is -0.910. The Morgan fingerprint density at radius 3 is 2.89 bits per heavy atom. The topological polar surface area (TPSA) is 61.5 Å². The average Bonchev–Trinajstić information content (AvgIpc) is 2.89. The van der Waals surface area contributed by atoms with Gasteiger partial charge in [0.25, 0.3) is 0 Å². The third-order valence-electron chi connectivity index (χ3n) is 3.74. The lowest BCUT2D eigenvalue weighted by Crippen LogP contribution is -2.36. The molecule has 1 aliphatic heterocycles. The maximum absolute atomic E-state index is 9.99. The number of β-amino-alcohol motifs (C(OH)–C–C–N with tert-alkyl or cyclic N) is 1. The molecular weight excluding hydrogens is 230 g/mol. The molecule has 0 amide bonds. The summed E-state index contributed by atoms with van der Waals surface area (Å²) in [4.78, 5) is 2.18. The fourth-order valence-electron chi connectivity index (χ4n) is 2.52. The lowest BCUT2D eigenvalue weighted by atomic mass is 10.1. The van der Waals surface area contributed by atoms with Crippen molar-refractivity contribution in [2.75, 3.05) is 19.7 Å². The third-order valence-corrected chi connectivity index (χ3v) is 3.74. The smallest absolute Gasteiger partial charge is 0.102 e. The van der Waals surface area contributed by atoms with Gasteiger partial charge in [-0.3, -0.25) is 9.58 Å². The molecule has 0 saturated carbocycles. The van der Waals surface area contributed by atoms with Gasteiger partial charge in [-0.15, -0.1) is 0 Å². The molecule has 5 nitrogen and oxygen atoms in total. The number of hydrogen-bond donors (Lipinski definition) is 2. The van der Waals surface area contributed by atoms with Gasteiger partial charge in [-0.25, -0.2) is 0 Å². The first-order chi connectivity index (χ1) is 8.58. The summed E-state index contributed by atoms with van der Waals surface area (Å²) in [5, 5.41) is 23.5. The largest absolute Gasteiger partial charge is 0.393 e. The number of aryl methyl sites for hydroxylation is 1. The van der Waals surface area contributed by atoms with Crippen molar-refractivity contribution in [2.45, 2.75) is 45.4 Å². The molecule has 1 fully saturated rings. The van der Waals surface area contributed by atoms with Crippen molar-refractivity contribution in [3.8, 4) is 0 Å². The second-order valence-corrected chi connectivity index (χ2v) is 5.32. The van der Waals surface area contributed by atoms with Crippen LogP contribution in [0, 0.1) is 6.92 Å². The van der Waals surface area contributed by atoms with Crippen LogP contribution in [-0.4, -0.2) is 50.2 Å². The summed E-state index contributed by atoms with van der Waals surface area (Å²) in [6.07, 6.45) is 3.64. The molecule has 102 valence electrons. The number of hydrogen-bond acceptors (Lipinski definition) is 4. The molecule has 1 saturated heterocycles. The van der Waals surface area contributed by atoms with Gasteiger partial charge in [-0.2, -0.15) is 5.10 Å². The highest BCUT2D eigenvalue weighted by Crippen LogP contribution is 2.23. The Labute approximate surface area is 108 Å². The monoisotopic (exact) mass is 253 g/mol. The summed E-state index contributed by atoms with van der Waals surface area (Å²) < 4.78 is 2.03. The Bertz CT molecular complexity index is 405. The molecular formula is C13H23N3O2. The molecule has 1 aliphatic rings. The van der Waals surface area contributed by atoms with Gasteiger partial charge < -0.3 is 10.2 Å². The lowest BCUT2D eigenvalue weighted by Gasteiger charge is -2.20. The van der Waals surface area contributed by atoms with Gasteiger partial charge in [-0.1, -0.05) is 6.92 Å². The van der Waals surface area contributed by atoms with E-state index in [4.69, 9.17) is 5.11 Å². The van der Waals surface area contributed by atoms with Crippen LogP contribution in [0.5, 0.6) is 0 Å². The van der Waals surface area contributed by atoms with Gasteiger partial charge in [0.2, 0.25) is 0 Å². The quantitative estimate of drug-likeness (QED) is 0.803. The van der Waals surface area contributed by atoms with Crippen molar-refractivity contribution in [1.82, 2.24) is 14.7 Å². The molecule has 0 aromatic carbocycles. The van der Waals surface area contributed by atoms with Crippen LogP contribution in [0.2, 0.25) is 0 Å². The van der Waals surface area contributed by atoms with E-state index in [1.54, 1.807) is 0 Å². The number of aliphatic hydroxyl groups is 2. The predicted molar refractivity (Wildman–Crippen MR) is 69.2 cm³/mol. The first-order valence-electron chi connectivity index (χ1n) is 6.65. The summed E-state index contributed by atoms with van der Waals surface area (Å²) in [6, 6.07) is 0. The fraction of sp³-hybridized carbons (Fsp3) is 0.769. The second-order valence-electron chi connectivity index (χ2n) is 5.32. The van der Waals surface area contributed by atoms with Crippen molar-refractivity contribution in [3.63, 3.8) is 0 Å². The summed E-state index contributed by atoms with van der Waals surface area (Å²) >= 11 is 0. The number of aromatic nitrogens is 2. The van der Waals surface area contributed by atoms with E-state index >= 15 is 0 Å². The van der Waals surface area contributed by atoms with Crippen LogP contribution in [0.4, 0.5) is 0 Å². The van der Waals surface area contributed by atoms with E-state index in [0.717, 1.165) is 26.1 Å². The van der Waals surface area contributed by atoms with Crippen LogP contribution in [-0.2, 0) is 13.1 Å². The normalized spacial score (nSPS) is 24.9. The van der Waals surface area contributed by atoms with E-state index < -0.39 is 5.60 Å². The average molecular weight is 253 g/mol. The number of likely N-dealkylation sites (tertiary alicyclic amines) is 1. The fourth-order valence-corrected chi connectivity index (χ4v) is 2.52. The van der Waals surface area contributed by atoms with E-state index in [1.807, 2.05) is 10.9 Å². The zero-order chi connectivity index (χ0) is 13.2. The number of nitrogens with zero attached hydrogens (tertiary/aromatic N) is 3. The molecule has 2 heterocycles. The van der Waals surface area contributed by atoms with E-state index in [1.165, 1.54) is 11.3 Å². The van der Waals surface area contributed by atoms with Gasteiger partial charge in [0.05, 0.1) is 12.8 Å². The molecule has 1 aromatic rings. The molecule has 1 aromatic heterocycles. The van der Waals surface area contributed by atoms with Crippen molar-refractivity contribution in [2.24, 2.45) is 0 Å². The van der Waals surface area contributed by atoms with Crippen LogP contribution < -0.4 is 0 Å². The van der Waals surface area contributed by atoms with Gasteiger partial charge in [0, 0.05) is 37.4 Å². The minimum absolute atomic E-state index is 0.155. The first-order valence-corrected chi connectivity index (χ1v) is 6.65. The Balaban J connectivity index is 1.98. The highest BCUT2D eigenvalue weighted by atomic mass is 16.3. The molecule has 2 rings (SSSR count). The van der Waals surface area contributed by atoms with E-state index in [0.29, 0.717) is 13.0 Å². The molecule has 0 aliphatic carbocycles. The molecule has 2 N–H and O–H groups in total. The zero-order valence-electron chi connectivity index (χ0n) is 11.3. The van der Waals surface area contributed by atoms with Crippen molar-refractivity contribution in [1.29, 1.82) is 0 Å². The zero-order valence-corrected chi connectivity index (χ0v) is 11.3. The summed E-state index contributed by atoms with van der Waals surface area (Å²) in [6.45, 7) is 7.20. The van der Waals surface area contributed by atoms with E-state index in [2.05, 4.69) is 23.8 Å². The van der Waals surface area contributed by atoms with Crippen LogP contribution in [0.15, 0.2) is 6.20 Å². The molecule has 0 radical (unpaired) electrons. The number of aliphatic hydroxyl groups excluding tert-OH is 1. The Kier molecular flexibility index (Phi) is 4.04. The Morgan fingerprint density at radius 1 is 1.50 bits per heavy atom. The van der Waals surface area contributed by atoms with Gasteiger partial charge >= 0.3 is 0 Å². The van der Waals surface area contributed by atoms with Crippen LogP contribution in [0.3, 0.4) is 0 Å². The highest BCUT2D eigenvalue weighted by molar-refractivity contribution is 5.16. The van der Waals surface area contributed by atoms with Crippen LogP contribution >= 0.6 is 0 Å². The molecule has 1 atom stereocenters. The van der Waals surface area contributed by atoms with Gasteiger partial charge in [0.1, 0.15) is 5.60 Å². The van der Waals surface area contributed by atoms with E-state index in [9.17, 15) is 5.11 Å². The van der Waals surface area contributed by atoms with Crippen molar-refractivity contribution in [3.05, 3.63) is 17.5 Å².